The Labute approximate surface area is 110 Å². The number of hydrazine groups is 1. The SMILES string of the molecule is CN=CNN(I)C(=O)c1cccc(Br)n1. The number of carbonyl (C=O) groups excluding carboxylic acids is 1. The Morgan fingerprint density at radius 2 is 2.47 bits per heavy atom. The van der Waals surface area contributed by atoms with E-state index in [1.165, 1.54) is 9.56 Å². The molecule has 5 nitrogen and oxygen atoms in total. The molecule has 0 radical (unpaired) electrons. The van der Waals surface area contributed by atoms with Gasteiger partial charge in [-0.05, 0) is 28.1 Å². The molecule has 0 saturated carbocycles. The van der Waals surface area contributed by atoms with Crippen LogP contribution >= 0.6 is 38.8 Å². The summed E-state index contributed by atoms with van der Waals surface area (Å²) < 4.78 is 1.90. The minimum atomic E-state index is -0.239. The molecular weight excluding hydrogens is 375 g/mol. The molecule has 15 heavy (non-hydrogen) atoms. The van der Waals surface area contributed by atoms with Gasteiger partial charge in [0.1, 0.15) is 16.6 Å². The number of pyridine rings is 1. The number of nitrogens with one attached hydrogen (secondary N) is 1. The van der Waals surface area contributed by atoms with Crippen LogP contribution in [0.2, 0.25) is 0 Å². The first-order valence-corrected chi connectivity index (χ1v) is 5.70. The first kappa shape index (κ1) is 12.4. The van der Waals surface area contributed by atoms with E-state index in [0.717, 1.165) is 0 Å². The molecule has 0 atom stereocenters. The highest BCUT2D eigenvalue weighted by Gasteiger charge is 2.13. The monoisotopic (exact) mass is 382 g/mol. The van der Waals surface area contributed by atoms with Crippen molar-refractivity contribution in [3.63, 3.8) is 0 Å². The first-order valence-electron chi connectivity index (χ1n) is 3.94. The Hall–Kier alpha value is -0.700. The van der Waals surface area contributed by atoms with Crippen molar-refractivity contribution in [2.75, 3.05) is 7.05 Å². The van der Waals surface area contributed by atoms with Crippen LogP contribution in [0, 0.1) is 0 Å². The smallest absolute Gasteiger partial charge is 0.277 e. The molecule has 0 unspecified atom stereocenters. The van der Waals surface area contributed by atoms with Crippen LogP contribution < -0.4 is 5.43 Å². The Morgan fingerprint density at radius 1 is 1.73 bits per heavy atom. The summed E-state index contributed by atoms with van der Waals surface area (Å²) >= 11 is 5.03. The summed E-state index contributed by atoms with van der Waals surface area (Å²) in [5.74, 6) is -0.239. The van der Waals surface area contributed by atoms with Gasteiger partial charge in [0.2, 0.25) is 0 Å². The zero-order valence-electron chi connectivity index (χ0n) is 7.82. The van der Waals surface area contributed by atoms with Crippen molar-refractivity contribution in [2.45, 2.75) is 0 Å². The van der Waals surface area contributed by atoms with Gasteiger partial charge in [-0.2, -0.15) is 3.22 Å². The van der Waals surface area contributed by atoms with Crippen molar-refractivity contribution in [1.29, 1.82) is 0 Å². The summed E-state index contributed by atoms with van der Waals surface area (Å²) in [5.41, 5.74) is 3.03. The van der Waals surface area contributed by atoms with Crippen LogP contribution in [0.25, 0.3) is 0 Å². The van der Waals surface area contributed by atoms with Gasteiger partial charge in [0.05, 0.1) is 22.9 Å². The molecule has 1 N–H and O–H groups in total. The van der Waals surface area contributed by atoms with Crippen molar-refractivity contribution in [1.82, 2.24) is 13.6 Å². The molecule has 1 aromatic heterocycles. The van der Waals surface area contributed by atoms with Crippen molar-refractivity contribution in [3.05, 3.63) is 28.5 Å². The van der Waals surface area contributed by atoms with Gasteiger partial charge in [-0.3, -0.25) is 15.2 Å². The summed E-state index contributed by atoms with van der Waals surface area (Å²) in [6.07, 6.45) is 1.42. The number of carbonyl (C=O) groups is 1. The fraction of sp³-hybridized carbons (Fsp3) is 0.125. The van der Waals surface area contributed by atoms with Gasteiger partial charge in [-0.25, -0.2) is 4.98 Å². The summed E-state index contributed by atoms with van der Waals surface area (Å²) in [7, 11) is 1.61. The Morgan fingerprint density at radius 3 is 3.07 bits per heavy atom. The molecule has 1 amide bonds. The van der Waals surface area contributed by atoms with Gasteiger partial charge in [0.25, 0.3) is 5.91 Å². The fourth-order valence-corrected chi connectivity index (χ4v) is 1.51. The number of hydrogen-bond donors (Lipinski definition) is 1. The van der Waals surface area contributed by atoms with Gasteiger partial charge in [0, 0.05) is 7.05 Å². The van der Waals surface area contributed by atoms with Crippen LogP contribution in [-0.2, 0) is 0 Å². The molecule has 0 aromatic carbocycles. The van der Waals surface area contributed by atoms with Crippen molar-refractivity contribution in [2.24, 2.45) is 4.99 Å². The number of nitrogens with zero attached hydrogens (tertiary/aromatic N) is 3. The predicted molar refractivity (Wildman–Crippen MR) is 69.7 cm³/mol. The maximum atomic E-state index is 11.7. The average Bonchev–Trinajstić information content (AvgIpc) is 2.24. The maximum absolute atomic E-state index is 11.7. The number of amides is 1. The molecule has 0 aliphatic heterocycles. The lowest BCUT2D eigenvalue weighted by atomic mass is 10.3. The van der Waals surface area contributed by atoms with E-state index in [1.54, 1.807) is 25.2 Å². The molecule has 7 heteroatoms. The Balaban J connectivity index is 2.76. The van der Waals surface area contributed by atoms with Crippen LogP contribution in [0.15, 0.2) is 27.8 Å². The van der Waals surface area contributed by atoms with E-state index in [-0.39, 0.29) is 5.91 Å². The van der Waals surface area contributed by atoms with E-state index in [0.29, 0.717) is 10.3 Å². The van der Waals surface area contributed by atoms with E-state index in [9.17, 15) is 4.79 Å². The summed E-state index contributed by atoms with van der Waals surface area (Å²) in [6, 6.07) is 5.15. The quantitative estimate of drug-likeness (QED) is 0.216. The molecule has 1 aromatic rings. The van der Waals surface area contributed by atoms with Crippen molar-refractivity contribution >= 4 is 51.0 Å². The molecule has 0 bridgehead atoms. The second-order valence-corrected chi connectivity index (χ2v) is 4.23. The van der Waals surface area contributed by atoms with Crippen LogP contribution in [0.5, 0.6) is 0 Å². The van der Waals surface area contributed by atoms with Gasteiger partial charge >= 0.3 is 0 Å². The highest BCUT2D eigenvalue weighted by molar-refractivity contribution is 14.1. The Bertz CT molecular complexity index is 385. The lowest BCUT2D eigenvalue weighted by molar-refractivity contribution is 0.0865. The van der Waals surface area contributed by atoms with Crippen molar-refractivity contribution < 1.29 is 4.79 Å². The highest BCUT2D eigenvalue weighted by Crippen LogP contribution is 2.09. The lowest BCUT2D eigenvalue weighted by Gasteiger charge is -2.12. The third-order valence-corrected chi connectivity index (χ3v) is 2.57. The van der Waals surface area contributed by atoms with Gasteiger partial charge in [-0.1, -0.05) is 6.07 Å². The summed E-state index contributed by atoms with van der Waals surface area (Å²) in [5, 5.41) is 0. The molecule has 1 rings (SSSR count). The van der Waals surface area contributed by atoms with E-state index >= 15 is 0 Å². The second-order valence-electron chi connectivity index (χ2n) is 2.45. The topological polar surface area (TPSA) is 57.6 Å². The van der Waals surface area contributed by atoms with E-state index in [1.807, 2.05) is 22.9 Å². The predicted octanol–water partition coefficient (Wildman–Crippen LogP) is 1.80. The molecule has 0 aliphatic rings. The summed E-state index contributed by atoms with van der Waals surface area (Å²) in [6.45, 7) is 0. The first-order chi connectivity index (χ1) is 7.15. The third kappa shape index (κ3) is 3.74. The normalized spacial score (nSPS) is 10.3. The molecule has 0 fully saturated rings. The van der Waals surface area contributed by atoms with Gasteiger partial charge < -0.3 is 0 Å². The van der Waals surface area contributed by atoms with Gasteiger partial charge in [0.15, 0.2) is 0 Å². The third-order valence-electron chi connectivity index (χ3n) is 1.41. The highest BCUT2D eigenvalue weighted by atomic mass is 127. The number of halogens is 2. The van der Waals surface area contributed by atoms with Crippen LogP contribution in [0.1, 0.15) is 10.5 Å². The number of aromatic nitrogens is 1. The minimum Gasteiger partial charge on any atom is -0.277 e. The molecular formula is C8H8BrIN4O. The second kappa shape index (κ2) is 6.01. The van der Waals surface area contributed by atoms with Crippen LogP contribution in [0.3, 0.4) is 0 Å². The van der Waals surface area contributed by atoms with Gasteiger partial charge in [-0.15, -0.1) is 0 Å². The largest absolute Gasteiger partial charge is 0.300 e. The standard InChI is InChI=1S/C8H8BrIN4O/c1-11-5-12-14(10)8(15)6-3-2-4-7(9)13-6/h2-5H,1H3,(H,11,12). The molecule has 1 heterocycles. The Kier molecular flexibility index (Phi) is 4.95. The van der Waals surface area contributed by atoms with Crippen molar-refractivity contribution in [3.8, 4) is 0 Å². The van der Waals surface area contributed by atoms with Crippen LogP contribution in [-0.4, -0.2) is 27.5 Å². The van der Waals surface area contributed by atoms with Crippen LogP contribution in [0.4, 0.5) is 0 Å². The lowest BCUT2D eigenvalue weighted by Crippen LogP contribution is -2.34. The van der Waals surface area contributed by atoms with E-state index in [4.69, 9.17) is 0 Å². The number of hydrogen-bond acceptors (Lipinski definition) is 3. The maximum Gasteiger partial charge on any atom is 0.300 e. The molecule has 0 spiro atoms. The minimum absolute atomic E-state index is 0.239. The van der Waals surface area contributed by atoms with E-state index in [2.05, 4.69) is 31.3 Å². The summed E-state index contributed by atoms with van der Waals surface area (Å²) in [4.78, 5) is 19.5. The number of rotatable bonds is 3. The average molecular weight is 383 g/mol. The van der Waals surface area contributed by atoms with E-state index < -0.39 is 0 Å². The molecule has 0 saturated heterocycles. The molecule has 80 valence electrons. The zero-order valence-corrected chi connectivity index (χ0v) is 11.6. The zero-order chi connectivity index (χ0) is 11.3. The fourth-order valence-electron chi connectivity index (χ4n) is 0.795. The number of aliphatic imine (C=N–C) groups is 1. The molecule has 0 aliphatic carbocycles.